The number of hydrogen-bond donors (Lipinski definition) is 0. The first-order chi connectivity index (χ1) is 15.4. The molecule has 33 heavy (non-hydrogen) atoms. The number of carbonyl (C=O) groups excluding carboxylic acids is 2. The zero-order valence-corrected chi connectivity index (χ0v) is 22.2. The highest BCUT2D eigenvalue weighted by atomic mass is 31.2. The van der Waals surface area contributed by atoms with Crippen LogP contribution in [0.25, 0.3) is 0 Å². The molecule has 0 fully saturated rings. The van der Waals surface area contributed by atoms with Gasteiger partial charge in [0, 0.05) is 13.3 Å². The van der Waals surface area contributed by atoms with Crippen molar-refractivity contribution in [1.82, 2.24) is 0 Å². The van der Waals surface area contributed by atoms with Crippen molar-refractivity contribution in [1.29, 1.82) is 0 Å². The Bertz CT molecular complexity index is 579. The average molecular weight is 496 g/mol. The van der Waals surface area contributed by atoms with Gasteiger partial charge in [-0.15, -0.1) is 0 Å². The van der Waals surface area contributed by atoms with Crippen LogP contribution in [0.1, 0.15) is 84.5 Å². The van der Waals surface area contributed by atoms with Gasteiger partial charge in [0.05, 0.1) is 27.7 Å². The lowest BCUT2D eigenvalue weighted by Gasteiger charge is -2.28. The molecule has 0 aromatic carbocycles. The second-order valence-electron chi connectivity index (χ2n) is 9.44. The van der Waals surface area contributed by atoms with Gasteiger partial charge in [-0.05, 0) is 6.42 Å². The van der Waals surface area contributed by atoms with Gasteiger partial charge in [-0.1, -0.05) is 64.7 Å². The largest absolute Gasteiger partial charge is 0.756 e. The van der Waals surface area contributed by atoms with Crippen LogP contribution in [0.2, 0.25) is 0 Å². The van der Waals surface area contributed by atoms with Crippen molar-refractivity contribution < 1.29 is 42.1 Å². The SMILES string of the molecule is CCCCCCCCCCCCC(=O)OC(COC(C)=O)COP(=O)([O-])OCC[N+](C)(C)C. The number of rotatable bonds is 21. The van der Waals surface area contributed by atoms with Gasteiger partial charge in [0.25, 0.3) is 7.82 Å². The normalized spacial score (nSPS) is 14.5. The first kappa shape index (κ1) is 32.0. The summed E-state index contributed by atoms with van der Waals surface area (Å²) in [7, 11) is 1.16. The molecule has 0 aromatic rings. The third kappa shape index (κ3) is 22.6. The Morgan fingerprint density at radius 1 is 0.879 bits per heavy atom. The van der Waals surface area contributed by atoms with E-state index in [4.69, 9.17) is 18.5 Å². The summed E-state index contributed by atoms with van der Waals surface area (Å²) in [6, 6.07) is 0. The molecule has 0 saturated heterocycles. The molecular formula is C23H46NO8P. The predicted molar refractivity (Wildman–Crippen MR) is 125 cm³/mol. The summed E-state index contributed by atoms with van der Waals surface area (Å²) in [6.07, 6.45) is 10.7. The van der Waals surface area contributed by atoms with E-state index in [1.54, 1.807) is 0 Å². The first-order valence-electron chi connectivity index (χ1n) is 12.2. The van der Waals surface area contributed by atoms with Crippen LogP contribution in [-0.4, -0.2) is 70.0 Å². The summed E-state index contributed by atoms with van der Waals surface area (Å²) in [6.45, 7) is 3.12. The van der Waals surface area contributed by atoms with E-state index in [0.29, 0.717) is 17.4 Å². The number of unbranched alkanes of at least 4 members (excludes halogenated alkanes) is 9. The van der Waals surface area contributed by atoms with Gasteiger partial charge >= 0.3 is 11.9 Å². The molecular weight excluding hydrogens is 449 g/mol. The highest BCUT2D eigenvalue weighted by Crippen LogP contribution is 2.38. The van der Waals surface area contributed by atoms with Gasteiger partial charge in [-0.2, -0.15) is 0 Å². The maximum Gasteiger partial charge on any atom is 0.306 e. The van der Waals surface area contributed by atoms with E-state index in [-0.39, 0.29) is 19.6 Å². The number of esters is 2. The summed E-state index contributed by atoms with van der Waals surface area (Å²) >= 11 is 0. The zero-order chi connectivity index (χ0) is 25.2. The summed E-state index contributed by atoms with van der Waals surface area (Å²) in [5.41, 5.74) is 0. The van der Waals surface area contributed by atoms with E-state index in [1.807, 2.05) is 21.1 Å². The maximum absolute atomic E-state index is 12.1. The molecule has 2 unspecified atom stereocenters. The van der Waals surface area contributed by atoms with Crippen LogP contribution in [0.3, 0.4) is 0 Å². The molecule has 0 N–H and O–H groups in total. The molecule has 9 nitrogen and oxygen atoms in total. The Hall–Kier alpha value is -0.990. The second kappa shape index (κ2) is 18.4. The summed E-state index contributed by atoms with van der Waals surface area (Å²) in [5.74, 6) is -1.03. The van der Waals surface area contributed by atoms with Gasteiger partial charge in [-0.3, -0.25) is 14.2 Å². The van der Waals surface area contributed by atoms with Gasteiger partial charge in [0.2, 0.25) is 0 Å². The summed E-state index contributed by atoms with van der Waals surface area (Å²) in [5, 5.41) is 0. The fraction of sp³-hybridized carbons (Fsp3) is 0.913. The van der Waals surface area contributed by atoms with E-state index < -0.39 is 32.5 Å². The van der Waals surface area contributed by atoms with Crippen molar-refractivity contribution in [2.24, 2.45) is 0 Å². The molecule has 0 aliphatic carbocycles. The lowest BCUT2D eigenvalue weighted by atomic mass is 10.1. The smallest absolute Gasteiger partial charge is 0.306 e. The van der Waals surface area contributed by atoms with Crippen molar-refractivity contribution in [3.8, 4) is 0 Å². The van der Waals surface area contributed by atoms with Crippen molar-refractivity contribution in [2.45, 2.75) is 90.6 Å². The Morgan fingerprint density at radius 3 is 1.94 bits per heavy atom. The van der Waals surface area contributed by atoms with E-state index in [2.05, 4.69) is 6.92 Å². The molecule has 0 aliphatic heterocycles. The van der Waals surface area contributed by atoms with E-state index in [9.17, 15) is 19.0 Å². The standard InChI is InChI=1S/C23H46NO8P/c1-6-7-8-9-10-11-12-13-14-15-16-23(26)32-22(19-29-21(2)25)20-31-33(27,28)30-18-17-24(3,4)5/h22H,6-20H2,1-5H3. The monoisotopic (exact) mass is 495 g/mol. The summed E-state index contributed by atoms with van der Waals surface area (Å²) in [4.78, 5) is 35.2. The fourth-order valence-electron chi connectivity index (χ4n) is 2.97. The van der Waals surface area contributed by atoms with Gasteiger partial charge in [0.15, 0.2) is 6.10 Å². The second-order valence-corrected chi connectivity index (χ2v) is 10.8. The quantitative estimate of drug-likeness (QED) is 0.102. The van der Waals surface area contributed by atoms with Gasteiger partial charge in [-0.25, -0.2) is 0 Å². The average Bonchev–Trinajstić information content (AvgIpc) is 2.70. The molecule has 10 heteroatoms. The topological polar surface area (TPSA) is 111 Å². The number of quaternary nitrogens is 1. The molecule has 0 rings (SSSR count). The van der Waals surface area contributed by atoms with Crippen LogP contribution in [0.15, 0.2) is 0 Å². The van der Waals surface area contributed by atoms with Crippen LogP contribution in [0.5, 0.6) is 0 Å². The number of ether oxygens (including phenoxy) is 2. The highest BCUT2D eigenvalue weighted by molar-refractivity contribution is 7.45. The van der Waals surface area contributed by atoms with Crippen molar-refractivity contribution in [3.05, 3.63) is 0 Å². The van der Waals surface area contributed by atoms with Crippen LogP contribution in [0, 0.1) is 0 Å². The minimum absolute atomic E-state index is 0.0303. The Labute approximate surface area is 200 Å². The molecule has 0 aromatic heterocycles. The molecule has 196 valence electrons. The van der Waals surface area contributed by atoms with Crippen LogP contribution in [0.4, 0.5) is 0 Å². The van der Waals surface area contributed by atoms with Crippen molar-refractivity contribution in [3.63, 3.8) is 0 Å². The van der Waals surface area contributed by atoms with Crippen molar-refractivity contribution in [2.75, 3.05) is 47.5 Å². The number of phosphoric acid groups is 1. The lowest BCUT2D eigenvalue weighted by Crippen LogP contribution is -2.37. The Morgan fingerprint density at radius 2 is 1.42 bits per heavy atom. The fourth-order valence-corrected chi connectivity index (χ4v) is 3.69. The zero-order valence-electron chi connectivity index (χ0n) is 21.3. The van der Waals surface area contributed by atoms with Gasteiger partial charge in [0.1, 0.15) is 19.8 Å². The summed E-state index contributed by atoms with van der Waals surface area (Å²) < 4.78 is 32.3. The van der Waals surface area contributed by atoms with Crippen LogP contribution >= 0.6 is 7.82 Å². The molecule has 0 spiro atoms. The van der Waals surface area contributed by atoms with E-state index in [0.717, 1.165) is 19.3 Å². The molecule has 0 bridgehead atoms. The Balaban J connectivity index is 4.22. The minimum Gasteiger partial charge on any atom is -0.756 e. The van der Waals surface area contributed by atoms with Crippen LogP contribution < -0.4 is 4.89 Å². The molecule has 0 saturated carbocycles. The molecule has 2 atom stereocenters. The third-order valence-corrected chi connectivity index (χ3v) is 5.90. The third-order valence-electron chi connectivity index (χ3n) is 4.94. The van der Waals surface area contributed by atoms with E-state index >= 15 is 0 Å². The molecule has 0 radical (unpaired) electrons. The Kier molecular flexibility index (Phi) is 17.8. The number of nitrogens with zero attached hydrogens (tertiary/aromatic N) is 1. The number of hydrogen-bond acceptors (Lipinski definition) is 8. The first-order valence-corrected chi connectivity index (χ1v) is 13.6. The van der Waals surface area contributed by atoms with Crippen molar-refractivity contribution >= 4 is 19.8 Å². The maximum atomic E-state index is 12.1. The van der Waals surface area contributed by atoms with Gasteiger partial charge < -0.3 is 27.9 Å². The molecule has 0 aliphatic rings. The highest BCUT2D eigenvalue weighted by Gasteiger charge is 2.21. The van der Waals surface area contributed by atoms with Crippen LogP contribution in [-0.2, 0) is 32.7 Å². The van der Waals surface area contributed by atoms with E-state index in [1.165, 1.54) is 45.4 Å². The number of carbonyl (C=O) groups is 2. The number of likely N-dealkylation sites (N-methyl/N-ethyl adjacent to an activating group) is 1. The number of phosphoric ester groups is 1. The lowest BCUT2D eigenvalue weighted by molar-refractivity contribution is -0.870. The molecule has 0 amide bonds. The molecule has 0 heterocycles. The minimum atomic E-state index is -4.56. The predicted octanol–water partition coefficient (Wildman–Crippen LogP) is 3.98.